The predicted octanol–water partition coefficient (Wildman–Crippen LogP) is 3.87. The molecule has 0 atom stereocenters. The molecule has 0 aliphatic heterocycles. The van der Waals surface area contributed by atoms with Gasteiger partial charge in [-0.2, -0.15) is 0 Å². The lowest BCUT2D eigenvalue weighted by atomic mass is 9.82. The maximum absolute atomic E-state index is 12.8. The highest BCUT2D eigenvalue weighted by atomic mass is 16.6. The normalized spacial score (nSPS) is 12.1. The number of fused-ring (bicyclic) bond motifs is 2. The summed E-state index contributed by atoms with van der Waals surface area (Å²) in [7, 11) is 0. The molecule has 0 saturated carbocycles. The van der Waals surface area contributed by atoms with Crippen molar-refractivity contribution in [1.29, 1.82) is 0 Å². The number of hydrogen-bond donors (Lipinski definition) is 0. The maximum atomic E-state index is 12.8. The molecule has 0 fully saturated rings. The van der Waals surface area contributed by atoms with E-state index in [-0.39, 0.29) is 22.7 Å². The molecule has 7 nitrogen and oxygen atoms in total. The first-order valence-electron chi connectivity index (χ1n) is 7.02. The van der Waals surface area contributed by atoms with Crippen LogP contribution in [0, 0.1) is 20.2 Å². The van der Waals surface area contributed by atoms with E-state index in [9.17, 15) is 25.0 Å². The minimum atomic E-state index is -0.556. The van der Waals surface area contributed by atoms with E-state index in [0.717, 1.165) is 0 Å². The van der Waals surface area contributed by atoms with E-state index in [2.05, 4.69) is 0 Å². The molecule has 0 amide bonds. The van der Waals surface area contributed by atoms with Crippen molar-refractivity contribution in [2.24, 2.45) is 0 Å². The standard InChI is InChI=1S/C17H8N2O5/c20-17-13-3-1-2-12-15(19(23)24)7-6-11(16(12)13)10-5-4-9(18(21)22)8-14(10)17/h1-8H. The topological polar surface area (TPSA) is 103 Å². The van der Waals surface area contributed by atoms with Gasteiger partial charge in [0.25, 0.3) is 11.4 Å². The molecule has 0 bridgehead atoms. The van der Waals surface area contributed by atoms with Crippen molar-refractivity contribution in [1.82, 2.24) is 0 Å². The Balaban J connectivity index is 2.13. The largest absolute Gasteiger partial charge is 0.289 e. The lowest BCUT2D eigenvalue weighted by Crippen LogP contribution is -2.11. The zero-order valence-corrected chi connectivity index (χ0v) is 12.1. The van der Waals surface area contributed by atoms with Gasteiger partial charge in [-0.25, -0.2) is 0 Å². The number of non-ortho nitro benzene ring substituents is 2. The lowest BCUT2D eigenvalue weighted by molar-refractivity contribution is -0.384. The van der Waals surface area contributed by atoms with E-state index in [0.29, 0.717) is 27.5 Å². The van der Waals surface area contributed by atoms with Crippen LogP contribution in [0.15, 0.2) is 48.5 Å². The van der Waals surface area contributed by atoms with E-state index in [1.165, 1.54) is 24.3 Å². The molecule has 24 heavy (non-hydrogen) atoms. The molecule has 0 radical (unpaired) electrons. The van der Waals surface area contributed by atoms with Crippen LogP contribution in [-0.4, -0.2) is 15.6 Å². The molecule has 0 N–H and O–H groups in total. The van der Waals surface area contributed by atoms with Gasteiger partial charge in [0.15, 0.2) is 5.78 Å². The number of carbonyl (C=O) groups excluding carboxylic acids is 1. The van der Waals surface area contributed by atoms with Gasteiger partial charge >= 0.3 is 0 Å². The van der Waals surface area contributed by atoms with Crippen LogP contribution in [0.4, 0.5) is 11.4 Å². The molecule has 116 valence electrons. The summed E-state index contributed by atoms with van der Waals surface area (Å²) in [4.78, 5) is 33.9. The van der Waals surface area contributed by atoms with Crippen LogP contribution >= 0.6 is 0 Å². The first kappa shape index (κ1) is 14.0. The zero-order chi connectivity index (χ0) is 17.0. The van der Waals surface area contributed by atoms with Gasteiger partial charge in [0, 0.05) is 34.7 Å². The van der Waals surface area contributed by atoms with Gasteiger partial charge in [0.05, 0.1) is 15.2 Å². The van der Waals surface area contributed by atoms with E-state index in [4.69, 9.17) is 0 Å². The van der Waals surface area contributed by atoms with Crippen LogP contribution < -0.4 is 0 Å². The Labute approximate surface area is 134 Å². The van der Waals surface area contributed by atoms with E-state index in [1.807, 2.05) is 0 Å². The third kappa shape index (κ3) is 1.75. The van der Waals surface area contributed by atoms with Crippen molar-refractivity contribution in [3.63, 3.8) is 0 Å². The highest BCUT2D eigenvalue weighted by molar-refractivity contribution is 6.26. The summed E-state index contributed by atoms with van der Waals surface area (Å²) in [6, 6.07) is 11.8. The van der Waals surface area contributed by atoms with E-state index < -0.39 is 9.85 Å². The first-order valence-corrected chi connectivity index (χ1v) is 7.02. The van der Waals surface area contributed by atoms with Gasteiger partial charge in [0.1, 0.15) is 0 Å². The summed E-state index contributed by atoms with van der Waals surface area (Å²) in [6.45, 7) is 0. The Kier molecular flexibility index (Phi) is 2.74. The molecular formula is C17H8N2O5. The molecule has 0 heterocycles. The fraction of sp³-hybridized carbons (Fsp3) is 0. The third-order valence-corrected chi connectivity index (χ3v) is 4.21. The van der Waals surface area contributed by atoms with Crippen LogP contribution in [0.3, 0.4) is 0 Å². The summed E-state index contributed by atoms with van der Waals surface area (Å²) in [6.07, 6.45) is 0. The van der Waals surface area contributed by atoms with Crippen LogP contribution in [0.5, 0.6) is 0 Å². The number of nitro groups is 2. The molecule has 0 unspecified atom stereocenters. The number of ketones is 1. The predicted molar refractivity (Wildman–Crippen MR) is 86.1 cm³/mol. The van der Waals surface area contributed by atoms with Crippen LogP contribution in [0.25, 0.3) is 21.9 Å². The minimum absolute atomic E-state index is 0.0752. The minimum Gasteiger partial charge on any atom is -0.289 e. The number of rotatable bonds is 2. The average Bonchev–Trinajstić information content (AvgIpc) is 2.58. The van der Waals surface area contributed by atoms with Gasteiger partial charge in [-0.1, -0.05) is 12.1 Å². The maximum Gasteiger partial charge on any atom is 0.277 e. The fourth-order valence-electron chi connectivity index (χ4n) is 3.18. The smallest absolute Gasteiger partial charge is 0.277 e. The lowest BCUT2D eigenvalue weighted by Gasteiger charge is -2.19. The highest BCUT2D eigenvalue weighted by Crippen LogP contribution is 2.43. The second-order valence-electron chi connectivity index (χ2n) is 5.43. The summed E-state index contributed by atoms with van der Waals surface area (Å²) < 4.78 is 0. The second-order valence-corrected chi connectivity index (χ2v) is 5.43. The number of nitro benzene ring substituents is 2. The molecule has 0 saturated heterocycles. The SMILES string of the molecule is O=C1c2cc([N+](=O)[O-])ccc2-c2ccc([N+](=O)[O-])c3cccc1c23. The molecule has 4 rings (SSSR count). The Morgan fingerprint density at radius 3 is 2.21 bits per heavy atom. The van der Waals surface area contributed by atoms with Crippen molar-refractivity contribution in [3.8, 4) is 11.1 Å². The van der Waals surface area contributed by atoms with Crippen molar-refractivity contribution in [2.75, 3.05) is 0 Å². The monoisotopic (exact) mass is 320 g/mol. The van der Waals surface area contributed by atoms with Crippen molar-refractivity contribution < 1.29 is 14.6 Å². The van der Waals surface area contributed by atoms with E-state index in [1.54, 1.807) is 24.3 Å². The molecular weight excluding hydrogens is 312 g/mol. The Bertz CT molecular complexity index is 1090. The quantitative estimate of drug-likeness (QED) is 0.412. The highest BCUT2D eigenvalue weighted by Gasteiger charge is 2.29. The number of hydrogen-bond acceptors (Lipinski definition) is 5. The summed E-state index contributed by atoms with van der Waals surface area (Å²) in [5.41, 5.74) is 1.52. The van der Waals surface area contributed by atoms with Crippen LogP contribution in [-0.2, 0) is 0 Å². The van der Waals surface area contributed by atoms with Gasteiger partial charge < -0.3 is 0 Å². The van der Waals surface area contributed by atoms with E-state index >= 15 is 0 Å². The van der Waals surface area contributed by atoms with Gasteiger partial charge in [-0.3, -0.25) is 25.0 Å². The fourth-order valence-corrected chi connectivity index (χ4v) is 3.18. The van der Waals surface area contributed by atoms with Crippen LogP contribution in [0.2, 0.25) is 0 Å². The molecule has 0 spiro atoms. The molecule has 3 aromatic carbocycles. The van der Waals surface area contributed by atoms with Crippen molar-refractivity contribution in [3.05, 3.63) is 79.9 Å². The molecule has 3 aromatic rings. The van der Waals surface area contributed by atoms with Crippen molar-refractivity contribution in [2.45, 2.75) is 0 Å². The van der Waals surface area contributed by atoms with Gasteiger partial charge in [0.2, 0.25) is 0 Å². The molecule has 7 heteroatoms. The van der Waals surface area contributed by atoms with Crippen LogP contribution in [0.1, 0.15) is 15.9 Å². The Morgan fingerprint density at radius 2 is 1.50 bits per heavy atom. The second kappa shape index (κ2) is 4.69. The number of nitrogens with zero attached hydrogens (tertiary/aromatic N) is 2. The van der Waals surface area contributed by atoms with Gasteiger partial charge in [-0.05, 0) is 29.3 Å². The average molecular weight is 320 g/mol. The van der Waals surface area contributed by atoms with Crippen molar-refractivity contribution >= 4 is 27.9 Å². The third-order valence-electron chi connectivity index (χ3n) is 4.21. The molecule has 1 aliphatic rings. The summed E-state index contributed by atoms with van der Waals surface area (Å²) in [5, 5.41) is 23.1. The molecule has 1 aliphatic carbocycles. The van der Waals surface area contributed by atoms with Gasteiger partial charge in [-0.15, -0.1) is 0 Å². The molecule has 0 aromatic heterocycles. The zero-order valence-electron chi connectivity index (χ0n) is 12.1. The number of carbonyl (C=O) groups is 1. The number of benzene rings is 3. The Hall–Kier alpha value is -3.61. The summed E-state index contributed by atoms with van der Waals surface area (Å²) in [5.74, 6) is -0.368. The Morgan fingerprint density at radius 1 is 0.750 bits per heavy atom. The first-order chi connectivity index (χ1) is 11.5. The summed E-state index contributed by atoms with van der Waals surface area (Å²) >= 11 is 0.